The normalized spacial score (nSPS) is 21.6. The number of hydrogen-bond acceptors (Lipinski definition) is 7. The van der Waals surface area contributed by atoms with E-state index >= 15 is 0 Å². The maximum absolute atomic E-state index is 12.5. The van der Waals surface area contributed by atoms with Gasteiger partial charge in [-0.1, -0.05) is 18.0 Å². The maximum atomic E-state index is 12.5. The van der Waals surface area contributed by atoms with E-state index in [4.69, 9.17) is 9.26 Å². The minimum absolute atomic E-state index is 0.200. The first-order chi connectivity index (χ1) is 12.3. The summed E-state index contributed by atoms with van der Waals surface area (Å²) in [6.45, 7) is 1.54. The summed E-state index contributed by atoms with van der Waals surface area (Å²) in [7, 11) is 0. The summed E-state index contributed by atoms with van der Waals surface area (Å²) in [5.41, 5.74) is 0. The molecule has 0 unspecified atom stereocenters. The Labute approximate surface area is 145 Å². The Morgan fingerprint density at radius 3 is 2.80 bits per heavy atom. The van der Waals surface area contributed by atoms with Gasteiger partial charge >= 0.3 is 0 Å². The van der Waals surface area contributed by atoms with Gasteiger partial charge in [-0.05, 0) is 24.8 Å². The van der Waals surface area contributed by atoms with Crippen LogP contribution in [-0.2, 0) is 9.53 Å². The first-order valence-electron chi connectivity index (χ1n) is 8.80. The van der Waals surface area contributed by atoms with Crippen LogP contribution in [0, 0.1) is 5.92 Å². The summed E-state index contributed by atoms with van der Waals surface area (Å²) in [6.07, 6.45) is 8.32. The summed E-state index contributed by atoms with van der Waals surface area (Å²) < 4.78 is 11.0. The van der Waals surface area contributed by atoms with Crippen LogP contribution in [0.1, 0.15) is 44.1 Å². The monoisotopic (exact) mass is 343 g/mol. The molecule has 8 heteroatoms. The molecule has 4 rings (SSSR count). The molecule has 0 bridgehead atoms. The third-order valence-corrected chi connectivity index (χ3v) is 4.84. The Morgan fingerprint density at radius 1 is 1.20 bits per heavy atom. The number of aromatic nitrogens is 4. The second-order valence-corrected chi connectivity index (χ2v) is 6.58. The smallest absolute Gasteiger partial charge is 0.258 e. The van der Waals surface area contributed by atoms with Crippen molar-refractivity contribution < 1.29 is 14.1 Å². The van der Waals surface area contributed by atoms with Crippen LogP contribution in [0.4, 0.5) is 0 Å². The molecule has 0 aromatic carbocycles. The van der Waals surface area contributed by atoms with E-state index in [0.717, 1.165) is 0 Å². The molecule has 1 saturated carbocycles. The summed E-state index contributed by atoms with van der Waals surface area (Å²) in [5, 5.41) is 3.92. The number of rotatable bonds is 4. The van der Waals surface area contributed by atoms with Crippen molar-refractivity contribution in [3.05, 3.63) is 24.4 Å². The van der Waals surface area contributed by atoms with Gasteiger partial charge < -0.3 is 14.2 Å². The third kappa shape index (κ3) is 3.68. The van der Waals surface area contributed by atoms with E-state index < -0.39 is 6.10 Å². The summed E-state index contributed by atoms with van der Waals surface area (Å²) in [4.78, 5) is 26.9. The van der Waals surface area contributed by atoms with Crippen LogP contribution < -0.4 is 0 Å². The largest absolute Gasteiger partial charge is 0.365 e. The summed E-state index contributed by atoms with van der Waals surface area (Å²) in [5.74, 6) is 1.84. The van der Waals surface area contributed by atoms with Gasteiger partial charge in [0.1, 0.15) is 0 Å². The van der Waals surface area contributed by atoms with Crippen molar-refractivity contribution >= 4 is 5.91 Å². The third-order valence-electron chi connectivity index (χ3n) is 4.84. The van der Waals surface area contributed by atoms with E-state index in [1.165, 1.54) is 25.7 Å². The van der Waals surface area contributed by atoms with Crippen LogP contribution in [0.2, 0.25) is 0 Å². The molecular weight excluding hydrogens is 322 g/mol. The molecule has 3 heterocycles. The molecule has 132 valence electrons. The van der Waals surface area contributed by atoms with Gasteiger partial charge in [0.05, 0.1) is 13.2 Å². The van der Waals surface area contributed by atoms with Crippen molar-refractivity contribution in [2.45, 2.75) is 38.2 Å². The number of hydrogen-bond donors (Lipinski definition) is 0. The lowest BCUT2D eigenvalue weighted by Crippen LogP contribution is -2.42. The number of carbonyl (C=O) groups excluding carboxylic acids is 1. The van der Waals surface area contributed by atoms with E-state index in [2.05, 4.69) is 20.1 Å². The molecule has 0 spiro atoms. The van der Waals surface area contributed by atoms with Crippen molar-refractivity contribution in [3.63, 3.8) is 0 Å². The zero-order valence-corrected chi connectivity index (χ0v) is 14.0. The highest BCUT2D eigenvalue weighted by Gasteiger charge is 2.31. The Hall–Kier alpha value is -2.35. The van der Waals surface area contributed by atoms with Crippen molar-refractivity contribution in [1.82, 2.24) is 25.0 Å². The van der Waals surface area contributed by atoms with E-state index in [0.29, 0.717) is 49.6 Å². The predicted octanol–water partition coefficient (Wildman–Crippen LogP) is 2.01. The molecule has 8 nitrogen and oxygen atoms in total. The number of amides is 1. The number of nitrogens with zero attached hydrogens (tertiary/aromatic N) is 5. The highest BCUT2D eigenvalue weighted by molar-refractivity contribution is 5.76. The molecule has 25 heavy (non-hydrogen) atoms. The number of carbonyl (C=O) groups is 1. The Morgan fingerprint density at radius 2 is 2.00 bits per heavy atom. The number of ether oxygens (including phenoxy) is 1. The molecule has 1 aliphatic heterocycles. The summed E-state index contributed by atoms with van der Waals surface area (Å²) in [6, 6.07) is 1.72. The first kappa shape index (κ1) is 16.1. The van der Waals surface area contributed by atoms with E-state index in [1.54, 1.807) is 18.5 Å². The van der Waals surface area contributed by atoms with Crippen LogP contribution >= 0.6 is 0 Å². The highest BCUT2D eigenvalue weighted by Crippen LogP contribution is 2.29. The first-order valence-corrected chi connectivity index (χ1v) is 8.80. The maximum Gasteiger partial charge on any atom is 0.258 e. The van der Waals surface area contributed by atoms with Gasteiger partial charge in [-0.15, -0.1) is 0 Å². The zero-order valence-electron chi connectivity index (χ0n) is 14.0. The van der Waals surface area contributed by atoms with Gasteiger partial charge in [-0.2, -0.15) is 4.98 Å². The van der Waals surface area contributed by atoms with E-state index in [9.17, 15) is 4.79 Å². The van der Waals surface area contributed by atoms with Gasteiger partial charge in [0.25, 0.3) is 5.89 Å². The molecule has 2 aromatic heterocycles. The zero-order chi connectivity index (χ0) is 17.1. The molecule has 1 amide bonds. The molecule has 2 aromatic rings. The fraction of sp³-hybridized carbons (Fsp3) is 0.588. The van der Waals surface area contributed by atoms with E-state index in [1.807, 2.05) is 4.90 Å². The Bertz CT molecular complexity index is 714. The predicted molar refractivity (Wildman–Crippen MR) is 87.2 cm³/mol. The summed E-state index contributed by atoms with van der Waals surface area (Å²) >= 11 is 0. The van der Waals surface area contributed by atoms with E-state index in [-0.39, 0.29) is 5.91 Å². The highest BCUT2D eigenvalue weighted by atomic mass is 16.5. The van der Waals surface area contributed by atoms with Crippen LogP contribution in [-0.4, -0.2) is 50.6 Å². The topological polar surface area (TPSA) is 94.2 Å². The molecule has 2 aliphatic rings. The van der Waals surface area contributed by atoms with Gasteiger partial charge in [0.15, 0.2) is 6.10 Å². The fourth-order valence-corrected chi connectivity index (χ4v) is 3.49. The molecule has 1 aliphatic carbocycles. The van der Waals surface area contributed by atoms with Crippen molar-refractivity contribution in [2.75, 3.05) is 19.7 Å². The molecular formula is C17H21N5O3. The lowest BCUT2D eigenvalue weighted by atomic mass is 10.0. The average molecular weight is 343 g/mol. The minimum atomic E-state index is -0.397. The van der Waals surface area contributed by atoms with Crippen molar-refractivity contribution in [1.29, 1.82) is 0 Å². The molecule has 0 N–H and O–H groups in total. The van der Waals surface area contributed by atoms with Crippen molar-refractivity contribution in [2.24, 2.45) is 5.92 Å². The van der Waals surface area contributed by atoms with Crippen LogP contribution in [0.25, 0.3) is 11.6 Å². The van der Waals surface area contributed by atoms with Gasteiger partial charge in [-0.25, -0.2) is 9.97 Å². The van der Waals surface area contributed by atoms with Crippen LogP contribution in [0.15, 0.2) is 23.0 Å². The van der Waals surface area contributed by atoms with Gasteiger partial charge in [0.2, 0.25) is 17.6 Å². The second-order valence-electron chi connectivity index (χ2n) is 6.58. The van der Waals surface area contributed by atoms with Crippen LogP contribution in [0.3, 0.4) is 0 Å². The lowest BCUT2D eigenvalue weighted by molar-refractivity contribution is -0.141. The average Bonchev–Trinajstić information content (AvgIpc) is 3.34. The molecule has 0 radical (unpaired) electrons. The second kappa shape index (κ2) is 7.26. The van der Waals surface area contributed by atoms with Crippen LogP contribution in [0.5, 0.6) is 0 Å². The minimum Gasteiger partial charge on any atom is -0.365 e. The van der Waals surface area contributed by atoms with Gasteiger partial charge in [0, 0.05) is 25.4 Å². The SMILES string of the molecule is O=C(CC1CCCC1)N1CCO[C@@H](c2nc(-c3ncccn3)no2)C1. The molecule has 1 atom stereocenters. The Kier molecular flexibility index (Phi) is 4.69. The molecule has 2 fully saturated rings. The number of morpholine rings is 1. The molecule has 1 saturated heterocycles. The standard InChI is InChI=1S/C17H21N5O3/c23-14(10-12-4-1-2-5-12)22-8-9-24-13(11-22)17-20-16(21-25-17)15-18-6-3-7-19-15/h3,6-7,12-13H,1-2,4-5,8-11H2/t13-/m1/s1. The quantitative estimate of drug-likeness (QED) is 0.838. The Balaban J connectivity index is 1.41. The van der Waals surface area contributed by atoms with Gasteiger partial charge in [-0.3, -0.25) is 4.79 Å². The van der Waals surface area contributed by atoms with Crippen molar-refractivity contribution in [3.8, 4) is 11.6 Å². The lowest BCUT2D eigenvalue weighted by Gasteiger charge is -2.31. The fourth-order valence-electron chi connectivity index (χ4n) is 3.49.